The molecule has 0 saturated carbocycles. The van der Waals surface area contributed by atoms with Crippen molar-refractivity contribution in [2.45, 2.75) is 64.5 Å². The van der Waals surface area contributed by atoms with Gasteiger partial charge in [0, 0.05) is 48.2 Å². The van der Waals surface area contributed by atoms with E-state index in [0.29, 0.717) is 29.9 Å². The lowest BCUT2D eigenvalue weighted by Gasteiger charge is -2.35. The molecule has 2 unspecified atom stereocenters. The molecule has 4 rings (SSSR count). The third kappa shape index (κ3) is 5.92. The summed E-state index contributed by atoms with van der Waals surface area (Å²) >= 11 is 0. The van der Waals surface area contributed by atoms with Crippen LogP contribution < -0.4 is 4.90 Å². The first-order chi connectivity index (χ1) is 18.8. The number of rotatable bonds is 5. The van der Waals surface area contributed by atoms with Gasteiger partial charge in [0.1, 0.15) is 5.70 Å². The molecule has 1 aromatic carbocycles. The van der Waals surface area contributed by atoms with Gasteiger partial charge in [-0.05, 0) is 82.7 Å². The van der Waals surface area contributed by atoms with Crippen molar-refractivity contribution in [1.29, 1.82) is 0 Å². The van der Waals surface area contributed by atoms with Crippen LogP contribution in [-0.2, 0) is 19.1 Å². The summed E-state index contributed by atoms with van der Waals surface area (Å²) in [5.41, 5.74) is 1.01. The number of methoxy groups -OCH3 is 2. The molecule has 2 saturated heterocycles. The Bertz CT molecular complexity index is 1180. The number of carbonyl (C=O) groups excluding carboxylic acids is 4. The monoisotopic (exact) mass is 535 g/mol. The summed E-state index contributed by atoms with van der Waals surface area (Å²) in [6.45, 7) is 5.35. The van der Waals surface area contributed by atoms with E-state index in [-0.39, 0.29) is 35.2 Å². The van der Waals surface area contributed by atoms with Crippen molar-refractivity contribution in [3.8, 4) is 0 Å². The molecule has 9 heteroatoms. The Morgan fingerprint density at radius 3 is 1.77 bits per heavy atom. The van der Waals surface area contributed by atoms with E-state index in [9.17, 15) is 19.2 Å². The normalized spacial score (nSPS) is 21.5. The predicted octanol–water partition coefficient (Wildman–Crippen LogP) is 4.21. The Hall–Kier alpha value is -3.88. The van der Waals surface area contributed by atoms with Crippen LogP contribution >= 0.6 is 0 Å². The number of hydrogen-bond donors (Lipinski definition) is 0. The Kier molecular flexibility index (Phi) is 8.89. The fraction of sp³-hybridized carbons (Fsp3) is 0.467. The van der Waals surface area contributed by atoms with Gasteiger partial charge in [0.2, 0.25) is 0 Å². The van der Waals surface area contributed by atoms with Gasteiger partial charge in [0.05, 0.1) is 19.8 Å². The molecule has 0 bridgehead atoms. The third-order valence-electron chi connectivity index (χ3n) is 7.71. The van der Waals surface area contributed by atoms with Crippen LogP contribution in [0, 0.1) is 0 Å². The molecule has 2 amide bonds. The second kappa shape index (κ2) is 12.3. The SMILES string of the molecule is COC(=O)C1=C(C(=O)OC)N(c2cc(C(=O)N3CCCCC3C)cc(C(=O)N3CCCCC3C)c2)C=CC=C1. The molecule has 3 heterocycles. The number of amides is 2. The number of carbonyl (C=O) groups is 4. The molecule has 9 nitrogen and oxygen atoms in total. The van der Waals surface area contributed by atoms with Gasteiger partial charge in [-0.2, -0.15) is 0 Å². The second-order valence-electron chi connectivity index (χ2n) is 10.3. The van der Waals surface area contributed by atoms with Crippen LogP contribution in [0.5, 0.6) is 0 Å². The topological polar surface area (TPSA) is 96.5 Å². The van der Waals surface area contributed by atoms with E-state index in [1.807, 2.05) is 23.6 Å². The van der Waals surface area contributed by atoms with E-state index in [1.54, 1.807) is 36.6 Å². The zero-order chi connectivity index (χ0) is 28.1. The van der Waals surface area contributed by atoms with Crippen molar-refractivity contribution < 1.29 is 28.7 Å². The number of nitrogens with zero attached hydrogens (tertiary/aromatic N) is 3. The number of hydrogen-bond acceptors (Lipinski definition) is 7. The maximum Gasteiger partial charge on any atom is 0.355 e. The van der Waals surface area contributed by atoms with Crippen molar-refractivity contribution in [2.75, 3.05) is 32.2 Å². The second-order valence-corrected chi connectivity index (χ2v) is 10.3. The summed E-state index contributed by atoms with van der Waals surface area (Å²) in [5.74, 6) is -1.81. The molecule has 0 radical (unpaired) electrons. The number of ether oxygens (including phenoxy) is 2. The number of anilines is 1. The maximum absolute atomic E-state index is 13.8. The van der Waals surface area contributed by atoms with Crippen LogP contribution in [0.3, 0.4) is 0 Å². The van der Waals surface area contributed by atoms with E-state index in [4.69, 9.17) is 9.47 Å². The van der Waals surface area contributed by atoms with Crippen LogP contribution in [-0.4, -0.2) is 72.9 Å². The minimum atomic E-state index is -0.759. The van der Waals surface area contributed by atoms with E-state index in [2.05, 4.69) is 0 Å². The summed E-state index contributed by atoms with van der Waals surface area (Å²) in [6, 6.07) is 5.13. The van der Waals surface area contributed by atoms with E-state index in [0.717, 1.165) is 38.5 Å². The summed E-state index contributed by atoms with van der Waals surface area (Å²) in [4.78, 5) is 58.4. The summed E-state index contributed by atoms with van der Waals surface area (Å²) in [5, 5.41) is 0. The quantitative estimate of drug-likeness (QED) is 0.521. The zero-order valence-electron chi connectivity index (χ0n) is 23.1. The standard InChI is InChI=1S/C30H37N3O6/c1-20-11-5-8-14-31(20)27(34)22-17-23(28(35)32-15-9-6-12-21(32)2)19-24(18-22)33-16-10-7-13-25(29(36)38-3)26(33)30(37)39-4/h7,10,13,16-21H,5-6,8-9,11-12,14-15H2,1-4H3. The number of benzene rings is 1. The fourth-order valence-electron chi connectivity index (χ4n) is 5.49. The molecule has 208 valence electrons. The summed E-state index contributed by atoms with van der Waals surface area (Å²) in [7, 11) is 2.46. The summed E-state index contributed by atoms with van der Waals surface area (Å²) in [6.07, 6.45) is 12.2. The van der Waals surface area contributed by atoms with Crippen molar-refractivity contribution >= 4 is 29.4 Å². The highest BCUT2D eigenvalue weighted by Gasteiger charge is 2.31. The van der Waals surface area contributed by atoms with E-state index >= 15 is 0 Å². The zero-order valence-corrected chi connectivity index (χ0v) is 23.1. The third-order valence-corrected chi connectivity index (χ3v) is 7.71. The first-order valence-electron chi connectivity index (χ1n) is 13.6. The molecular weight excluding hydrogens is 498 g/mol. The molecule has 3 aliphatic heterocycles. The molecule has 39 heavy (non-hydrogen) atoms. The molecule has 0 aliphatic carbocycles. The summed E-state index contributed by atoms with van der Waals surface area (Å²) < 4.78 is 9.96. The van der Waals surface area contributed by atoms with Crippen LogP contribution in [0.1, 0.15) is 73.1 Å². The van der Waals surface area contributed by atoms with Crippen LogP contribution in [0.4, 0.5) is 5.69 Å². The van der Waals surface area contributed by atoms with Gasteiger partial charge < -0.3 is 24.2 Å². The number of likely N-dealkylation sites (tertiary alicyclic amines) is 2. The fourth-order valence-corrected chi connectivity index (χ4v) is 5.49. The molecular formula is C30H37N3O6. The Labute approximate surface area is 229 Å². The average Bonchev–Trinajstić information content (AvgIpc) is 3.19. The van der Waals surface area contributed by atoms with Crippen LogP contribution in [0.25, 0.3) is 0 Å². The molecule has 2 fully saturated rings. The number of esters is 2. The van der Waals surface area contributed by atoms with Gasteiger partial charge in [-0.1, -0.05) is 6.08 Å². The Balaban J connectivity index is 1.87. The number of piperidine rings is 2. The van der Waals surface area contributed by atoms with Crippen LogP contribution in [0.15, 0.2) is 53.9 Å². The molecule has 0 N–H and O–H groups in total. The van der Waals surface area contributed by atoms with Crippen molar-refractivity contribution in [2.24, 2.45) is 0 Å². The molecule has 0 aromatic heterocycles. The van der Waals surface area contributed by atoms with Crippen LogP contribution in [0.2, 0.25) is 0 Å². The van der Waals surface area contributed by atoms with E-state index < -0.39 is 11.9 Å². The highest BCUT2D eigenvalue weighted by Crippen LogP contribution is 2.31. The lowest BCUT2D eigenvalue weighted by atomic mass is 9.99. The highest BCUT2D eigenvalue weighted by atomic mass is 16.5. The lowest BCUT2D eigenvalue weighted by Crippen LogP contribution is -2.43. The van der Waals surface area contributed by atoms with Crippen molar-refractivity contribution in [3.63, 3.8) is 0 Å². The van der Waals surface area contributed by atoms with Gasteiger partial charge in [-0.25, -0.2) is 9.59 Å². The average molecular weight is 536 g/mol. The van der Waals surface area contributed by atoms with Gasteiger partial charge >= 0.3 is 11.9 Å². The number of allylic oxidation sites excluding steroid dienone is 2. The minimum absolute atomic E-state index is 0.00624. The Morgan fingerprint density at radius 1 is 0.744 bits per heavy atom. The minimum Gasteiger partial charge on any atom is -0.465 e. The molecule has 3 aliphatic rings. The highest BCUT2D eigenvalue weighted by molar-refractivity contribution is 6.07. The van der Waals surface area contributed by atoms with Crippen molar-refractivity contribution in [3.05, 3.63) is 65.0 Å². The Morgan fingerprint density at radius 2 is 1.28 bits per heavy atom. The smallest absolute Gasteiger partial charge is 0.355 e. The first kappa shape index (κ1) is 28.1. The van der Waals surface area contributed by atoms with Gasteiger partial charge in [0.15, 0.2) is 0 Å². The van der Waals surface area contributed by atoms with Gasteiger partial charge in [-0.15, -0.1) is 0 Å². The predicted molar refractivity (Wildman–Crippen MR) is 147 cm³/mol. The lowest BCUT2D eigenvalue weighted by molar-refractivity contribution is -0.139. The first-order valence-corrected chi connectivity index (χ1v) is 13.6. The van der Waals surface area contributed by atoms with Crippen molar-refractivity contribution in [1.82, 2.24) is 9.80 Å². The largest absolute Gasteiger partial charge is 0.465 e. The van der Waals surface area contributed by atoms with E-state index in [1.165, 1.54) is 25.2 Å². The molecule has 0 spiro atoms. The maximum atomic E-state index is 13.8. The molecule has 1 aromatic rings. The van der Waals surface area contributed by atoms with Gasteiger partial charge in [0.25, 0.3) is 11.8 Å². The van der Waals surface area contributed by atoms with Gasteiger partial charge in [-0.3, -0.25) is 9.59 Å². The molecule has 2 atom stereocenters.